The average molecular weight is 320 g/mol. The lowest BCUT2D eigenvalue weighted by molar-refractivity contribution is 0.480. The molecule has 0 atom stereocenters. The van der Waals surface area contributed by atoms with E-state index in [4.69, 9.17) is 0 Å². The summed E-state index contributed by atoms with van der Waals surface area (Å²) in [6.45, 7) is 8.35. The molecule has 2 aromatic carbocycles. The summed E-state index contributed by atoms with van der Waals surface area (Å²) >= 11 is 0. The van der Waals surface area contributed by atoms with Crippen molar-refractivity contribution in [1.82, 2.24) is 0 Å². The summed E-state index contributed by atoms with van der Waals surface area (Å²) in [5.41, 5.74) is 1.82. The van der Waals surface area contributed by atoms with E-state index in [-0.39, 0.29) is 4.90 Å². The molecule has 0 unspecified atom stereocenters. The summed E-state index contributed by atoms with van der Waals surface area (Å²) in [4.78, 5) is 0.0653. The van der Waals surface area contributed by atoms with Gasteiger partial charge in [-0.1, -0.05) is 52.0 Å². The normalized spacial score (nSPS) is 12.5. The highest BCUT2D eigenvalue weighted by atomic mass is 32.2. The molecule has 0 amide bonds. The highest BCUT2D eigenvalue weighted by Crippen LogP contribution is 2.32. The summed E-state index contributed by atoms with van der Waals surface area (Å²) in [6, 6.07) is 9.39. The molecule has 0 saturated carbocycles. The summed E-state index contributed by atoms with van der Waals surface area (Å²) in [7, 11) is -4.23. The first-order valence-electron chi connectivity index (χ1n) is 7.71. The number of hydrogen-bond acceptors (Lipinski definition) is 2. The van der Waals surface area contributed by atoms with E-state index in [1.165, 1.54) is 0 Å². The van der Waals surface area contributed by atoms with Crippen LogP contribution in [0.15, 0.2) is 35.2 Å². The molecule has 0 spiro atoms. The molecule has 0 aliphatic carbocycles. The van der Waals surface area contributed by atoms with Crippen molar-refractivity contribution < 1.29 is 13.0 Å². The fourth-order valence-corrected chi connectivity index (χ4v) is 3.73. The van der Waals surface area contributed by atoms with Crippen molar-refractivity contribution in [3.8, 4) is 0 Å². The molecule has 22 heavy (non-hydrogen) atoms. The summed E-state index contributed by atoms with van der Waals surface area (Å²) in [6.07, 6.45) is 1.44. The standard InChI is InChI=1S/C18H24O3S/c1-12(2)9-16-15-8-6-5-7-14(15)11-18(22(19,20)21)17(16)10-13(3)4/h5-8,11-13H,9-10H2,1-4H3,(H,19,20,21). The van der Waals surface area contributed by atoms with Crippen molar-refractivity contribution in [2.24, 2.45) is 11.8 Å². The Morgan fingerprint density at radius 3 is 2.05 bits per heavy atom. The van der Waals surface area contributed by atoms with Crippen LogP contribution in [0.5, 0.6) is 0 Å². The van der Waals surface area contributed by atoms with Gasteiger partial charge in [-0.2, -0.15) is 8.42 Å². The van der Waals surface area contributed by atoms with E-state index in [2.05, 4.69) is 27.7 Å². The molecule has 1 N–H and O–H groups in total. The molecule has 0 bridgehead atoms. The van der Waals surface area contributed by atoms with Crippen molar-refractivity contribution in [2.75, 3.05) is 0 Å². The Kier molecular flexibility index (Phi) is 4.93. The molecule has 0 fully saturated rings. The second-order valence-electron chi connectivity index (χ2n) is 6.72. The molecular weight excluding hydrogens is 296 g/mol. The Hall–Kier alpha value is -1.39. The van der Waals surface area contributed by atoms with Crippen molar-refractivity contribution in [3.05, 3.63) is 41.5 Å². The number of hydrogen-bond donors (Lipinski definition) is 1. The van der Waals surface area contributed by atoms with Gasteiger partial charge in [0.1, 0.15) is 0 Å². The predicted molar refractivity (Wildman–Crippen MR) is 90.8 cm³/mol. The molecule has 4 heteroatoms. The van der Waals surface area contributed by atoms with Gasteiger partial charge < -0.3 is 0 Å². The van der Waals surface area contributed by atoms with Crippen LogP contribution in [0.1, 0.15) is 38.8 Å². The zero-order chi connectivity index (χ0) is 16.5. The van der Waals surface area contributed by atoms with Gasteiger partial charge in [0.05, 0.1) is 4.90 Å². The minimum atomic E-state index is -4.23. The Balaban J connectivity index is 2.87. The third-order valence-corrected chi connectivity index (χ3v) is 4.66. The summed E-state index contributed by atoms with van der Waals surface area (Å²) < 4.78 is 33.4. The van der Waals surface area contributed by atoms with Gasteiger partial charge in [-0.25, -0.2) is 0 Å². The largest absolute Gasteiger partial charge is 0.294 e. The monoisotopic (exact) mass is 320 g/mol. The first kappa shape index (κ1) is 17.0. The maximum absolute atomic E-state index is 11.9. The van der Waals surface area contributed by atoms with Crippen molar-refractivity contribution in [2.45, 2.75) is 45.4 Å². The topological polar surface area (TPSA) is 54.4 Å². The van der Waals surface area contributed by atoms with E-state index in [9.17, 15) is 13.0 Å². The van der Waals surface area contributed by atoms with Gasteiger partial charge in [-0.05, 0) is 52.6 Å². The lowest BCUT2D eigenvalue weighted by Crippen LogP contribution is -2.11. The number of rotatable bonds is 5. The zero-order valence-corrected chi connectivity index (χ0v) is 14.4. The highest BCUT2D eigenvalue weighted by molar-refractivity contribution is 7.85. The van der Waals surface area contributed by atoms with Crippen LogP contribution in [0.2, 0.25) is 0 Å². The van der Waals surface area contributed by atoms with Crippen LogP contribution in [-0.2, 0) is 23.0 Å². The lowest BCUT2D eigenvalue weighted by atomic mass is 9.88. The van der Waals surface area contributed by atoms with E-state index in [1.807, 2.05) is 24.3 Å². The molecule has 0 aliphatic rings. The molecule has 0 aliphatic heterocycles. The van der Waals surface area contributed by atoms with Crippen LogP contribution < -0.4 is 0 Å². The van der Waals surface area contributed by atoms with Crippen LogP contribution in [0, 0.1) is 11.8 Å². The van der Waals surface area contributed by atoms with Gasteiger partial charge in [0.15, 0.2) is 0 Å². The van der Waals surface area contributed by atoms with Crippen molar-refractivity contribution >= 4 is 20.9 Å². The highest BCUT2D eigenvalue weighted by Gasteiger charge is 2.22. The summed E-state index contributed by atoms with van der Waals surface area (Å²) in [5, 5.41) is 1.94. The fourth-order valence-electron chi connectivity index (χ4n) is 2.94. The van der Waals surface area contributed by atoms with Crippen LogP contribution in [0.25, 0.3) is 10.8 Å². The van der Waals surface area contributed by atoms with E-state index < -0.39 is 10.1 Å². The first-order chi connectivity index (χ1) is 10.2. The minimum Gasteiger partial charge on any atom is -0.282 e. The van der Waals surface area contributed by atoms with Crippen LogP contribution in [-0.4, -0.2) is 13.0 Å². The smallest absolute Gasteiger partial charge is 0.282 e. The Morgan fingerprint density at radius 2 is 1.50 bits per heavy atom. The van der Waals surface area contributed by atoms with Gasteiger partial charge >= 0.3 is 0 Å². The van der Waals surface area contributed by atoms with E-state index >= 15 is 0 Å². The predicted octanol–water partition coefficient (Wildman–Crippen LogP) is 4.48. The second-order valence-corrected chi connectivity index (χ2v) is 8.11. The van der Waals surface area contributed by atoms with Crippen molar-refractivity contribution in [3.63, 3.8) is 0 Å². The third kappa shape index (κ3) is 3.68. The van der Waals surface area contributed by atoms with E-state index in [0.717, 1.165) is 28.3 Å². The maximum atomic E-state index is 11.9. The molecule has 0 aromatic heterocycles. The second kappa shape index (κ2) is 6.39. The van der Waals surface area contributed by atoms with Gasteiger partial charge in [0.2, 0.25) is 0 Å². The molecule has 2 aromatic rings. The Bertz CT molecular complexity index is 774. The Labute approximate surface area is 133 Å². The Morgan fingerprint density at radius 1 is 0.955 bits per heavy atom. The maximum Gasteiger partial charge on any atom is 0.294 e. The number of fused-ring (bicyclic) bond motifs is 1. The lowest BCUT2D eigenvalue weighted by Gasteiger charge is -2.19. The fraction of sp³-hybridized carbons (Fsp3) is 0.444. The minimum absolute atomic E-state index is 0.0653. The quantitative estimate of drug-likeness (QED) is 0.826. The molecule has 0 heterocycles. The van der Waals surface area contributed by atoms with E-state index in [1.54, 1.807) is 6.07 Å². The summed E-state index contributed by atoms with van der Waals surface area (Å²) in [5.74, 6) is 0.721. The van der Waals surface area contributed by atoms with Crippen LogP contribution in [0.4, 0.5) is 0 Å². The first-order valence-corrected chi connectivity index (χ1v) is 9.15. The van der Waals surface area contributed by atoms with E-state index in [0.29, 0.717) is 18.3 Å². The van der Waals surface area contributed by atoms with Gasteiger partial charge in [0.25, 0.3) is 10.1 Å². The number of benzene rings is 2. The molecule has 3 nitrogen and oxygen atoms in total. The van der Waals surface area contributed by atoms with Crippen molar-refractivity contribution in [1.29, 1.82) is 0 Å². The van der Waals surface area contributed by atoms with Crippen LogP contribution in [0.3, 0.4) is 0 Å². The molecule has 0 saturated heterocycles. The molecule has 2 rings (SSSR count). The average Bonchev–Trinajstić information content (AvgIpc) is 2.38. The van der Waals surface area contributed by atoms with Gasteiger partial charge in [0, 0.05) is 0 Å². The molecule has 0 radical (unpaired) electrons. The van der Waals surface area contributed by atoms with Gasteiger partial charge in [-0.3, -0.25) is 4.55 Å². The molecule has 120 valence electrons. The van der Waals surface area contributed by atoms with Gasteiger partial charge in [-0.15, -0.1) is 0 Å². The third-order valence-electron chi connectivity index (χ3n) is 3.74. The zero-order valence-electron chi connectivity index (χ0n) is 13.6. The molecular formula is C18H24O3S. The SMILES string of the molecule is CC(C)Cc1c(S(=O)(=O)O)cc2ccccc2c1CC(C)C. The van der Waals surface area contributed by atoms with Crippen LogP contribution >= 0.6 is 0 Å².